The van der Waals surface area contributed by atoms with E-state index in [9.17, 15) is 4.79 Å². The van der Waals surface area contributed by atoms with Crippen LogP contribution in [0.5, 0.6) is 0 Å². The summed E-state index contributed by atoms with van der Waals surface area (Å²) in [6.07, 6.45) is 5.22. The molecule has 0 spiro atoms. The number of thioether (sulfide) groups is 1. The molecule has 3 aromatic carbocycles. The Morgan fingerprint density at radius 1 is 0.853 bits per heavy atom. The third-order valence-electron chi connectivity index (χ3n) is 5.53. The van der Waals surface area contributed by atoms with Gasteiger partial charge < -0.3 is 5.32 Å². The van der Waals surface area contributed by atoms with E-state index in [2.05, 4.69) is 61.9 Å². The van der Waals surface area contributed by atoms with Gasteiger partial charge in [0, 0.05) is 17.0 Å². The minimum atomic E-state index is -0.122. The summed E-state index contributed by atoms with van der Waals surface area (Å²) in [5.41, 5.74) is 5.75. The van der Waals surface area contributed by atoms with Gasteiger partial charge in [-0.1, -0.05) is 54.6 Å². The number of nitrogens with one attached hydrogen (secondary N) is 2. The number of rotatable bonds is 8. The minimum Gasteiger partial charge on any atom is -0.322 e. The van der Waals surface area contributed by atoms with Crippen molar-refractivity contribution in [3.05, 3.63) is 114 Å². The number of nitrogens with zero attached hydrogens (tertiary/aromatic N) is 3. The Morgan fingerprint density at radius 3 is 2.44 bits per heavy atom. The maximum Gasteiger partial charge on any atom is 0.255 e. The molecule has 7 heteroatoms. The third kappa shape index (κ3) is 5.32. The normalized spacial score (nSPS) is 10.9. The molecule has 5 rings (SSSR count). The molecule has 0 atom stereocenters. The zero-order valence-electron chi connectivity index (χ0n) is 18.4. The Balaban J connectivity index is 1.18. The van der Waals surface area contributed by atoms with Crippen molar-refractivity contribution in [2.24, 2.45) is 0 Å². The van der Waals surface area contributed by atoms with Gasteiger partial charge in [0.1, 0.15) is 11.4 Å². The van der Waals surface area contributed by atoms with Crippen molar-refractivity contribution in [1.29, 1.82) is 0 Å². The van der Waals surface area contributed by atoms with Crippen LogP contribution in [0, 0.1) is 0 Å². The number of fused-ring (bicyclic) bond motifs is 1. The molecule has 0 aliphatic carbocycles. The highest BCUT2D eigenvalue weighted by Gasteiger charge is 2.10. The molecule has 5 aromatic rings. The van der Waals surface area contributed by atoms with Gasteiger partial charge in [0.25, 0.3) is 5.91 Å². The van der Waals surface area contributed by atoms with E-state index in [4.69, 9.17) is 0 Å². The molecule has 0 saturated carbocycles. The van der Waals surface area contributed by atoms with Crippen LogP contribution in [0.4, 0.5) is 5.69 Å². The van der Waals surface area contributed by atoms with Crippen molar-refractivity contribution >= 4 is 34.4 Å². The van der Waals surface area contributed by atoms with Crippen molar-refractivity contribution in [2.45, 2.75) is 23.6 Å². The van der Waals surface area contributed by atoms with E-state index in [0.717, 1.165) is 40.2 Å². The predicted molar refractivity (Wildman–Crippen MR) is 136 cm³/mol. The van der Waals surface area contributed by atoms with Crippen molar-refractivity contribution in [2.75, 3.05) is 5.32 Å². The summed E-state index contributed by atoms with van der Waals surface area (Å²) in [7, 11) is 0. The Kier molecular flexibility index (Phi) is 6.63. The summed E-state index contributed by atoms with van der Waals surface area (Å²) in [4.78, 5) is 21.4. The Morgan fingerprint density at radius 2 is 1.62 bits per heavy atom. The first-order valence-electron chi connectivity index (χ1n) is 11.0. The van der Waals surface area contributed by atoms with Gasteiger partial charge in [-0.3, -0.25) is 9.89 Å². The lowest BCUT2D eigenvalue weighted by molar-refractivity contribution is 0.102. The predicted octanol–water partition coefficient (Wildman–Crippen LogP) is 5.68. The van der Waals surface area contributed by atoms with E-state index in [1.165, 1.54) is 17.5 Å². The summed E-state index contributed by atoms with van der Waals surface area (Å²) >= 11 is 1.59. The number of aryl methyl sites for hydroxylation is 2. The quantitative estimate of drug-likeness (QED) is 0.227. The fourth-order valence-corrected chi connectivity index (χ4v) is 4.61. The lowest BCUT2D eigenvalue weighted by atomic mass is 10.0. The number of hydrogen-bond acceptors (Lipinski definition) is 5. The highest BCUT2D eigenvalue weighted by atomic mass is 32.2. The number of carbonyl (C=O) groups is 1. The standard InChI is InChI=1S/C27H23N5OS/c33-26(31-23-13-11-20(12-14-23)10-9-19-5-2-1-3-6-19)22-8-4-7-21(15-22)17-34-27-24-16-30-32-25(24)28-18-29-27/h1-8,11-16,18H,9-10,17H2,(H,31,33)(H,28,29,30,32). The molecule has 6 nitrogen and oxygen atoms in total. The summed E-state index contributed by atoms with van der Waals surface area (Å²) < 4.78 is 0. The molecule has 1 amide bonds. The number of amides is 1. The van der Waals surface area contributed by atoms with E-state index in [1.807, 2.05) is 42.5 Å². The van der Waals surface area contributed by atoms with Crippen LogP contribution in [-0.2, 0) is 18.6 Å². The average molecular weight is 466 g/mol. The smallest absolute Gasteiger partial charge is 0.255 e. The van der Waals surface area contributed by atoms with Gasteiger partial charge >= 0.3 is 0 Å². The van der Waals surface area contributed by atoms with Gasteiger partial charge in [-0.05, 0) is 53.8 Å². The first-order valence-corrected chi connectivity index (χ1v) is 12.0. The number of hydrogen-bond donors (Lipinski definition) is 2. The van der Waals surface area contributed by atoms with Crippen LogP contribution in [-0.4, -0.2) is 26.1 Å². The second-order valence-electron chi connectivity index (χ2n) is 7.94. The number of aromatic nitrogens is 4. The van der Waals surface area contributed by atoms with Crippen LogP contribution < -0.4 is 5.32 Å². The van der Waals surface area contributed by atoms with Crippen molar-refractivity contribution in [3.63, 3.8) is 0 Å². The summed E-state index contributed by atoms with van der Waals surface area (Å²) in [6.45, 7) is 0. The van der Waals surface area contributed by atoms with Crippen molar-refractivity contribution in [3.8, 4) is 0 Å². The van der Waals surface area contributed by atoms with Crippen LogP contribution in [0.1, 0.15) is 27.0 Å². The van der Waals surface area contributed by atoms with Crippen LogP contribution in [0.25, 0.3) is 11.0 Å². The minimum absolute atomic E-state index is 0.122. The number of aromatic amines is 1. The molecule has 0 saturated heterocycles. The largest absolute Gasteiger partial charge is 0.322 e. The van der Waals surface area contributed by atoms with Crippen LogP contribution in [0.3, 0.4) is 0 Å². The van der Waals surface area contributed by atoms with Crippen molar-refractivity contribution < 1.29 is 4.79 Å². The Bertz CT molecular complexity index is 1400. The average Bonchev–Trinajstić information content (AvgIpc) is 3.37. The summed E-state index contributed by atoms with van der Waals surface area (Å²) in [5.74, 6) is 0.567. The highest BCUT2D eigenvalue weighted by molar-refractivity contribution is 7.98. The second kappa shape index (κ2) is 10.3. The van der Waals surface area contributed by atoms with Gasteiger partial charge in [0.15, 0.2) is 5.65 Å². The molecule has 0 bridgehead atoms. The van der Waals surface area contributed by atoms with Gasteiger partial charge in [-0.15, -0.1) is 11.8 Å². The van der Waals surface area contributed by atoms with E-state index in [0.29, 0.717) is 11.3 Å². The van der Waals surface area contributed by atoms with Crippen LogP contribution in [0.15, 0.2) is 96.4 Å². The van der Waals surface area contributed by atoms with Gasteiger partial charge in [-0.25, -0.2) is 9.97 Å². The van der Waals surface area contributed by atoms with Gasteiger partial charge in [-0.2, -0.15) is 5.10 Å². The number of anilines is 1. The monoisotopic (exact) mass is 465 g/mol. The zero-order chi connectivity index (χ0) is 23.2. The molecule has 168 valence electrons. The molecule has 2 N–H and O–H groups in total. The molecule has 0 fully saturated rings. The number of benzene rings is 3. The molecule has 2 aromatic heterocycles. The fourth-order valence-electron chi connectivity index (χ4n) is 3.70. The third-order valence-corrected chi connectivity index (χ3v) is 6.61. The highest BCUT2D eigenvalue weighted by Crippen LogP contribution is 2.26. The van der Waals surface area contributed by atoms with Gasteiger partial charge in [0.2, 0.25) is 0 Å². The molecule has 0 radical (unpaired) electrons. The van der Waals surface area contributed by atoms with E-state index in [1.54, 1.807) is 18.0 Å². The Labute approximate surface area is 201 Å². The molecule has 2 heterocycles. The van der Waals surface area contributed by atoms with E-state index >= 15 is 0 Å². The maximum absolute atomic E-state index is 12.8. The van der Waals surface area contributed by atoms with Crippen molar-refractivity contribution in [1.82, 2.24) is 20.2 Å². The molecular weight excluding hydrogens is 442 g/mol. The van der Waals surface area contributed by atoms with E-state index < -0.39 is 0 Å². The Hall–Kier alpha value is -3.97. The zero-order valence-corrected chi connectivity index (χ0v) is 19.3. The van der Waals surface area contributed by atoms with Crippen LogP contribution >= 0.6 is 11.8 Å². The lowest BCUT2D eigenvalue weighted by Crippen LogP contribution is -2.12. The first-order chi connectivity index (χ1) is 16.7. The number of H-pyrrole nitrogens is 1. The van der Waals surface area contributed by atoms with Crippen LogP contribution in [0.2, 0.25) is 0 Å². The molecule has 0 aliphatic rings. The van der Waals surface area contributed by atoms with E-state index in [-0.39, 0.29) is 5.91 Å². The molecule has 0 aliphatic heterocycles. The topological polar surface area (TPSA) is 83.6 Å². The first kappa shape index (κ1) is 21.9. The molecular formula is C27H23N5OS. The maximum atomic E-state index is 12.8. The SMILES string of the molecule is O=C(Nc1ccc(CCc2ccccc2)cc1)c1cccc(CSc2ncnc3[nH]ncc23)c1. The lowest BCUT2D eigenvalue weighted by Gasteiger charge is -2.08. The summed E-state index contributed by atoms with van der Waals surface area (Å²) in [5, 5.41) is 11.6. The fraction of sp³-hybridized carbons (Fsp3) is 0.111. The number of carbonyl (C=O) groups excluding carboxylic acids is 1. The second-order valence-corrected chi connectivity index (χ2v) is 8.90. The summed E-state index contributed by atoms with van der Waals surface area (Å²) in [6, 6.07) is 26.2. The van der Waals surface area contributed by atoms with Gasteiger partial charge in [0.05, 0.1) is 11.6 Å². The molecule has 34 heavy (non-hydrogen) atoms. The molecule has 0 unspecified atom stereocenters.